The van der Waals surface area contributed by atoms with Crippen LogP contribution in [0.4, 0.5) is 0 Å². The van der Waals surface area contributed by atoms with Gasteiger partial charge in [0.1, 0.15) is 0 Å². The molecule has 0 aromatic carbocycles. The van der Waals surface area contributed by atoms with E-state index < -0.39 is 9.84 Å². The SMILES string of the molecule is CN(CC(=O)NC1CCS(=O)(=O)C1)C1CCC(N)CC1. The fourth-order valence-electron chi connectivity index (χ4n) is 3.08. The second-order valence-electron chi connectivity index (χ2n) is 6.15. The number of hydrogen-bond donors (Lipinski definition) is 2. The number of likely N-dealkylation sites (N-methyl/N-ethyl adjacent to an activating group) is 1. The van der Waals surface area contributed by atoms with Crippen LogP contribution in [0.3, 0.4) is 0 Å². The molecule has 1 heterocycles. The molecule has 1 aliphatic carbocycles. The van der Waals surface area contributed by atoms with Gasteiger partial charge in [-0.3, -0.25) is 9.69 Å². The number of nitrogens with two attached hydrogens (primary N) is 1. The third kappa shape index (κ3) is 4.43. The monoisotopic (exact) mass is 303 g/mol. The molecule has 1 saturated carbocycles. The molecule has 1 atom stereocenters. The maximum Gasteiger partial charge on any atom is 0.234 e. The molecule has 6 nitrogen and oxygen atoms in total. The van der Waals surface area contributed by atoms with Crippen LogP contribution in [0, 0.1) is 0 Å². The summed E-state index contributed by atoms with van der Waals surface area (Å²) in [6.45, 7) is 0.330. The first-order valence-electron chi connectivity index (χ1n) is 7.31. The van der Waals surface area contributed by atoms with Gasteiger partial charge in [0.15, 0.2) is 9.84 Å². The second-order valence-corrected chi connectivity index (χ2v) is 8.38. The maximum absolute atomic E-state index is 12.0. The number of carbonyl (C=O) groups excluding carboxylic acids is 1. The molecule has 0 bridgehead atoms. The Hall–Kier alpha value is -0.660. The molecule has 20 heavy (non-hydrogen) atoms. The zero-order valence-electron chi connectivity index (χ0n) is 12.0. The van der Waals surface area contributed by atoms with Gasteiger partial charge in [0.05, 0.1) is 18.1 Å². The van der Waals surface area contributed by atoms with Gasteiger partial charge in [-0.2, -0.15) is 0 Å². The zero-order valence-corrected chi connectivity index (χ0v) is 12.9. The Bertz CT molecular complexity index is 444. The van der Waals surface area contributed by atoms with E-state index in [1.54, 1.807) is 0 Å². The van der Waals surface area contributed by atoms with E-state index in [-0.39, 0.29) is 23.5 Å². The summed E-state index contributed by atoms with van der Waals surface area (Å²) in [5.74, 6) is 0.194. The predicted octanol–water partition coefficient (Wildman–Crippen LogP) is -0.509. The van der Waals surface area contributed by atoms with Crippen molar-refractivity contribution < 1.29 is 13.2 Å². The van der Waals surface area contributed by atoms with E-state index in [1.807, 2.05) is 7.05 Å². The van der Waals surface area contributed by atoms with Gasteiger partial charge in [-0.25, -0.2) is 8.42 Å². The molecule has 0 aromatic heterocycles. The molecule has 1 amide bonds. The lowest BCUT2D eigenvalue weighted by molar-refractivity contribution is -0.123. The molecule has 3 N–H and O–H groups in total. The van der Waals surface area contributed by atoms with Crippen LogP contribution in [-0.2, 0) is 14.6 Å². The van der Waals surface area contributed by atoms with Crippen molar-refractivity contribution in [3.05, 3.63) is 0 Å². The fourth-order valence-corrected chi connectivity index (χ4v) is 4.75. The molecule has 7 heteroatoms. The minimum absolute atomic E-state index is 0.0792. The maximum atomic E-state index is 12.0. The summed E-state index contributed by atoms with van der Waals surface area (Å²) in [7, 11) is -0.988. The molecule has 0 aromatic rings. The molecule has 1 unspecified atom stereocenters. The Morgan fingerprint density at radius 1 is 1.25 bits per heavy atom. The summed E-state index contributed by atoms with van der Waals surface area (Å²) < 4.78 is 22.7. The Kier molecular flexibility index (Phi) is 5.04. The highest BCUT2D eigenvalue weighted by molar-refractivity contribution is 7.91. The van der Waals surface area contributed by atoms with E-state index in [0.29, 0.717) is 25.0 Å². The standard InChI is InChI=1S/C13H25N3O3S/c1-16(12-4-2-10(14)3-5-12)8-13(17)15-11-6-7-20(18,19)9-11/h10-12H,2-9,14H2,1H3,(H,15,17). The van der Waals surface area contributed by atoms with E-state index in [4.69, 9.17) is 5.73 Å². The van der Waals surface area contributed by atoms with E-state index in [9.17, 15) is 13.2 Å². The lowest BCUT2D eigenvalue weighted by Crippen LogP contribution is -2.46. The van der Waals surface area contributed by atoms with Crippen molar-refractivity contribution in [2.24, 2.45) is 5.73 Å². The summed E-state index contributed by atoms with van der Waals surface area (Å²) in [5.41, 5.74) is 5.88. The summed E-state index contributed by atoms with van der Waals surface area (Å²) in [6, 6.07) is 0.505. The predicted molar refractivity (Wildman–Crippen MR) is 78.1 cm³/mol. The first-order valence-corrected chi connectivity index (χ1v) is 9.13. The highest BCUT2D eigenvalue weighted by Gasteiger charge is 2.29. The molecule has 1 saturated heterocycles. The van der Waals surface area contributed by atoms with Gasteiger partial charge in [0.2, 0.25) is 5.91 Å². The third-order valence-corrected chi connectivity index (χ3v) is 6.12. The molecular formula is C13H25N3O3S. The number of sulfone groups is 1. The number of amides is 1. The fraction of sp³-hybridized carbons (Fsp3) is 0.923. The third-order valence-electron chi connectivity index (χ3n) is 4.36. The van der Waals surface area contributed by atoms with Crippen LogP contribution in [-0.4, -0.2) is 62.4 Å². The quantitative estimate of drug-likeness (QED) is 0.730. The zero-order chi connectivity index (χ0) is 14.8. The Labute approximate surface area is 121 Å². The van der Waals surface area contributed by atoms with Crippen molar-refractivity contribution in [3.8, 4) is 0 Å². The lowest BCUT2D eigenvalue weighted by atomic mass is 9.91. The average molecular weight is 303 g/mol. The number of nitrogens with one attached hydrogen (secondary N) is 1. The summed E-state index contributed by atoms with van der Waals surface area (Å²) >= 11 is 0. The smallest absolute Gasteiger partial charge is 0.234 e. The summed E-state index contributed by atoms with van der Waals surface area (Å²) in [6.07, 6.45) is 4.62. The number of rotatable bonds is 4. The lowest BCUT2D eigenvalue weighted by Gasteiger charge is -2.33. The second kappa shape index (κ2) is 6.41. The van der Waals surface area contributed by atoms with Crippen molar-refractivity contribution in [2.75, 3.05) is 25.1 Å². The van der Waals surface area contributed by atoms with Gasteiger partial charge in [-0.15, -0.1) is 0 Å². The van der Waals surface area contributed by atoms with E-state index in [1.165, 1.54) is 0 Å². The molecular weight excluding hydrogens is 278 g/mol. The van der Waals surface area contributed by atoms with Crippen LogP contribution in [0.1, 0.15) is 32.1 Å². The molecule has 1 aliphatic heterocycles. The van der Waals surface area contributed by atoms with E-state index >= 15 is 0 Å². The van der Waals surface area contributed by atoms with E-state index in [0.717, 1.165) is 25.7 Å². The number of hydrogen-bond acceptors (Lipinski definition) is 5. The molecule has 2 rings (SSSR count). The first-order chi connectivity index (χ1) is 9.35. The number of carbonyl (C=O) groups is 1. The van der Waals surface area contributed by atoms with Gasteiger partial charge in [-0.1, -0.05) is 0 Å². The van der Waals surface area contributed by atoms with Gasteiger partial charge < -0.3 is 11.1 Å². The Morgan fingerprint density at radius 3 is 2.45 bits per heavy atom. The van der Waals surface area contributed by atoms with Gasteiger partial charge in [0, 0.05) is 18.1 Å². The molecule has 116 valence electrons. The van der Waals surface area contributed by atoms with Crippen molar-refractivity contribution in [1.29, 1.82) is 0 Å². The molecule has 0 spiro atoms. The molecule has 2 aliphatic rings. The van der Waals surface area contributed by atoms with Crippen molar-refractivity contribution in [3.63, 3.8) is 0 Å². The van der Waals surface area contributed by atoms with Crippen molar-refractivity contribution in [1.82, 2.24) is 10.2 Å². The largest absolute Gasteiger partial charge is 0.351 e. The first kappa shape index (κ1) is 15.7. The van der Waals surface area contributed by atoms with Crippen LogP contribution in [0.25, 0.3) is 0 Å². The molecule has 2 fully saturated rings. The Morgan fingerprint density at radius 2 is 1.90 bits per heavy atom. The van der Waals surface area contributed by atoms with E-state index in [2.05, 4.69) is 10.2 Å². The summed E-state index contributed by atoms with van der Waals surface area (Å²) in [5, 5.41) is 2.83. The van der Waals surface area contributed by atoms with Crippen molar-refractivity contribution >= 4 is 15.7 Å². The number of nitrogens with zero attached hydrogens (tertiary/aromatic N) is 1. The normalized spacial score (nSPS) is 33.2. The van der Waals surface area contributed by atoms with Crippen LogP contribution in [0.2, 0.25) is 0 Å². The van der Waals surface area contributed by atoms with Gasteiger partial charge in [0.25, 0.3) is 0 Å². The minimum Gasteiger partial charge on any atom is -0.351 e. The van der Waals surface area contributed by atoms with Gasteiger partial charge in [-0.05, 0) is 39.2 Å². The topological polar surface area (TPSA) is 92.5 Å². The Balaban J connectivity index is 1.74. The highest BCUT2D eigenvalue weighted by atomic mass is 32.2. The van der Waals surface area contributed by atoms with Crippen LogP contribution < -0.4 is 11.1 Å². The average Bonchev–Trinajstić information content (AvgIpc) is 2.69. The van der Waals surface area contributed by atoms with Crippen LogP contribution >= 0.6 is 0 Å². The minimum atomic E-state index is -2.94. The van der Waals surface area contributed by atoms with Gasteiger partial charge >= 0.3 is 0 Å². The summed E-state index contributed by atoms with van der Waals surface area (Å²) in [4.78, 5) is 14.0. The van der Waals surface area contributed by atoms with Crippen LogP contribution in [0.5, 0.6) is 0 Å². The van der Waals surface area contributed by atoms with Crippen molar-refractivity contribution in [2.45, 2.75) is 50.2 Å². The highest BCUT2D eigenvalue weighted by Crippen LogP contribution is 2.21. The molecule has 0 radical (unpaired) electrons. The van der Waals surface area contributed by atoms with Crippen LogP contribution in [0.15, 0.2) is 0 Å².